The van der Waals surface area contributed by atoms with Crippen LogP contribution in [0.2, 0.25) is 0 Å². The van der Waals surface area contributed by atoms with Crippen molar-refractivity contribution in [3.63, 3.8) is 0 Å². The van der Waals surface area contributed by atoms with Crippen LogP contribution in [0.3, 0.4) is 0 Å². The van der Waals surface area contributed by atoms with Crippen molar-refractivity contribution in [1.82, 2.24) is 20.0 Å². The quantitative estimate of drug-likeness (QED) is 0.291. The summed E-state index contributed by atoms with van der Waals surface area (Å²) in [4.78, 5) is 16.5. The number of benzene rings is 1. The number of thiophene rings is 1. The lowest BCUT2D eigenvalue weighted by atomic mass is 9.96. The van der Waals surface area contributed by atoms with E-state index >= 15 is 0 Å². The molecule has 0 spiro atoms. The molecule has 0 aliphatic rings. The van der Waals surface area contributed by atoms with Gasteiger partial charge in [0.25, 0.3) is 5.91 Å². The molecule has 0 radical (unpaired) electrons. The summed E-state index contributed by atoms with van der Waals surface area (Å²) in [7, 11) is 0. The maximum Gasteiger partial charge on any atom is 0.251 e. The molecule has 0 aliphatic carbocycles. The maximum absolute atomic E-state index is 14.8. The number of carbonyl (C=O) groups excluding carboxylic acids is 1. The van der Waals surface area contributed by atoms with Gasteiger partial charge in [-0.25, -0.2) is 18.4 Å². The zero-order valence-corrected chi connectivity index (χ0v) is 19.6. The molecule has 1 amide bonds. The highest BCUT2D eigenvalue weighted by atomic mass is 32.1. The lowest BCUT2D eigenvalue weighted by Crippen LogP contribution is -2.16. The molecule has 0 fully saturated rings. The van der Waals surface area contributed by atoms with Crippen LogP contribution < -0.4 is 11.1 Å². The molecule has 0 unspecified atom stereocenters. The van der Waals surface area contributed by atoms with Crippen molar-refractivity contribution in [3.8, 4) is 21.7 Å². The highest BCUT2D eigenvalue weighted by Gasteiger charge is 2.24. The topological polar surface area (TPSA) is 139 Å². The minimum absolute atomic E-state index is 0.0492. The van der Waals surface area contributed by atoms with Crippen molar-refractivity contribution in [2.24, 2.45) is 5.73 Å². The first-order chi connectivity index (χ1) is 16.6. The summed E-state index contributed by atoms with van der Waals surface area (Å²) in [6.45, 7) is 3.11. The fraction of sp³-hybridized carbons (Fsp3) is 0.217. The first-order valence-corrected chi connectivity index (χ1v) is 11.3. The molecule has 12 heteroatoms. The molecule has 5 N–H and O–H groups in total. The van der Waals surface area contributed by atoms with Crippen molar-refractivity contribution in [1.29, 1.82) is 0 Å². The van der Waals surface area contributed by atoms with Gasteiger partial charge in [0.1, 0.15) is 28.1 Å². The summed E-state index contributed by atoms with van der Waals surface area (Å²) in [6, 6.07) is 6.81. The van der Waals surface area contributed by atoms with Gasteiger partial charge in [0.2, 0.25) is 0 Å². The first-order valence-electron chi connectivity index (χ1n) is 10.5. The molecule has 3 heterocycles. The van der Waals surface area contributed by atoms with Gasteiger partial charge in [0.15, 0.2) is 0 Å². The number of hydrogen-bond donors (Lipinski definition) is 4. The number of primary amides is 1. The Morgan fingerprint density at radius 2 is 1.94 bits per heavy atom. The Morgan fingerprint density at radius 3 is 2.51 bits per heavy atom. The SMILES string of the molecule is CC(C)(O)c1cc(F)c(-c2cc(C(N)=O)c(Nc3ccc(-c4cn(CCO)nn4)cn3)s2)c(F)c1. The van der Waals surface area contributed by atoms with Gasteiger partial charge in [0.05, 0.1) is 36.1 Å². The van der Waals surface area contributed by atoms with Crippen LogP contribution >= 0.6 is 11.3 Å². The average Bonchev–Trinajstić information content (AvgIpc) is 3.41. The molecule has 3 aromatic heterocycles. The number of nitrogens with two attached hydrogens (primary N) is 1. The number of aliphatic hydroxyl groups excluding tert-OH is 1. The second-order valence-electron chi connectivity index (χ2n) is 8.24. The van der Waals surface area contributed by atoms with Gasteiger partial charge in [-0.15, -0.1) is 16.4 Å². The molecule has 4 aromatic rings. The standard InChI is InChI=1S/C23H22F2N6O3S/c1-23(2,34)13-7-15(24)20(16(25)8-13)18-9-14(21(26)33)22(35-18)28-19-4-3-12(10-27-19)17-11-31(5-6-32)30-29-17/h3-4,7-11,32,34H,5-6H2,1-2H3,(H2,26,33)(H,27,28). The highest BCUT2D eigenvalue weighted by Crippen LogP contribution is 2.40. The number of aliphatic hydroxyl groups is 2. The number of pyridine rings is 1. The zero-order chi connectivity index (χ0) is 25.3. The summed E-state index contributed by atoms with van der Waals surface area (Å²) >= 11 is 0.943. The second-order valence-corrected chi connectivity index (χ2v) is 9.29. The molecule has 0 aliphatic heterocycles. The van der Waals surface area contributed by atoms with Crippen LogP contribution in [-0.2, 0) is 12.1 Å². The molecule has 182 valence electrons. The first kappa shape index (κ1) is 24.4. The van der Waals surface area contributed by atoms with Crippen LogP contribution in [0.5, 0.6) is 0 Å². The molecule has 0 saturated heterocycles. The zero-order valence-electron chi connectivity index (χ0n) is 18.8. The van der Waals surface area contributed by atoms with E-state index in [0.29, 0.717) is 23.6 Å². The number of nitrogens with zero attached hydrogens (tertiary/aromatic N) is 4. The molecule has 35 heavy (non-hydrogen) atoms. The van der Waals surface area contributed by atoms with E-state index in [1.54, 1.807) is 24.5 Å². The van der Waals surface area contributed by atoms with Crippen LogP contribution in [0, 0.1) is 11.6 Å². The predicted molar refractivity (Wildman–Crippen MR) is 127 cm³/mol. The highest BCUT2D eigenvalue weighted by molar-refractivity contribution is 7.20. The van der Waals surface area contributed by atoms with E-state index in [1.165, 1.54) is 24.6 Å². The largest absolute Gasteiger partial charge is 0.394 e. The lowest BCUT2D eigenvalue weighted by Gasteiger charge is -2.18. The Morgan fingerprint density at radius 1 is 1.23 bits per heavy atom. The van der Waals surface area contributed by atoms with E-state index in [0.717, 1.165) is 23.5 Å². The molecule has 0 bridgehead atoms. The Hall–Kier alpha value is -3.74. The molecule has 0 atom stereocenters. The third kappa shape index (κ3) is 5.19. The van der Waals surface area contributed by atoms with E-state index in [-0.39, 0.29) is 33.2 Å². The third-order valence-corrected chi connectivity index (χ3v) is 6.23. The van der Waals surface area contributed by atoms with E-state index in [9.17, 15) is 18.7 Å². The molecular formula is C23H22F2N6O3S. The van der Waals surface area contributed by atoms with Crippen molar-refractivity contribution < 1.29 is 23.8 Å². The summed E-state index contributed by atoms with van der Waals surface area (Å²) < 4.78 is 31.2. The number of amides is 1. The van der Waals surface area contributed by atoms with Crippen molar-refractivity contribution in [2.75, 3.05) is 11.9 Å². The summed E-state index contributed by atoms with van der Waals surface area (Å²) in [5, 5.41) is 30.2. The van der Waals surface area contributed by atoms with Gasteiger partial charge in [-0.05, 0) is 49.7 Å². The lowest BCUT2D eigenvalue weighted by molar-refractivity contribution is 0.0778. The smallest absolute Gasteiger partial charge is 0.251 e. The van der Waals surface area contributed by atoms with Crippen LogP contribution in [-0.4, -0.2) is 42.7 Å². The number of aromatic nitrogens is 4. The van der Waals surface area contributed by atoms with E-state index < -0.39 is 23.1 Å². The molecular weight excluding hydrogens is 478 g/mol. The molecule has 4 rings (SSSR count). The van der Waals surface area contributed by atoms with E-state index in [4.69, 9.17) is 10.8 Å². The third-order valence-electron chi connectivity index (χ3n) is 5.16. The predicted octanol–water partition coefficient (Wildman–Crippen LogP) is 3.41. The van der Waals surface area contributed by atoms with Gasteiger partial charge in [-0.3, -0.25) is 4.79 Å². The minimum Gasteiger partial charge on any atom is -0.394 e. The fourth-order valence-electron chi connectivity index (χ4n) is 3.33. The van der Waals surface area contributed by atoms with E-state index in [2.05, 4.69) is 20.6 Å². The Bertz CT molecular complexity index is 1360. The van der Waals surface area contributed by atoms with Crippen LogP contribution in [0.1, 0.15) is 29.8 Å². The maximum atomic E-state index is 14.8. The second kappa shape index (κ2) is 9.49. The molecule has 9 nitrogen and oxygen atoms in total. The molecule has 0 saturated carbocycles. The number of carbonyl (C=O) groups is 1. The summed E-state index contributed by atoms with van der Waals surface area (Å²) in [6.07, 6.45) is 3.21. The Labute approximate surface area is 202 Å². The van der Waals surface area contributed by atoms with Gasteiger partial charge in [-0.1, -0.05) is 5.21 Å². The van der Waals surface area contributed by atoms with Crippen molar-refractivity contribution >= 4 is 28.1 Å². The minimum atomic E-state index is -1.42. The van der Waals surface area contributed by atoms with E-state index in [1.807, 2.05) is 0 Å². The van der Waals surface area contributed by atoms with Gasteiger partial charge >= 0.3 is 0 Å². The van der Waals surface area contributed by atoms with Crippen LogP contribution in [0.15, 0.2) is 42.7 Å². The van der Waals surface area contributed by atoms with Gasteiger partial charge < -0.3 is 21.3 Å². The summed E-state index contributed by atoms with van der Waals surface area (Å²) in [5.74, 6) is -2.16. The Balaban J connectivity index is 1.63. The van der Waals surface area contributed by atoms with Crippen molar-refractivity contribution in [2.45, 2.75) is 26.0 Å². The number of anilines is 2. The number of halogens is 2. The fourth-order valence-corrected chi connectivity index (χ4v) is 4.45. The van der Waals surface area contributed by atoms with Crippen molar-refractivity contribution in [3.05, 3.63) is 65.5 Å². The number of rotatable bonds is 8. The Kier molecular flexibility index (Phi) is 6.61. The van der Waals surface area contributed by atoms with Crippen LogP contribution in [0.25, 0.3) is 21.7 Å². The molecule has 1 aromatic carbocycles. The average molecular weight is 501 g/mol. The monoisotopic (exact) mass is 500 g/mol. The number of hydrogen-bond acceptors (Lipinski definition) is 8. The van der Waals surface area contributed by atoms with Gasteiger partial charge in [0, 0.05) is 16.6 Å². The number of nitrogens with one attached hydrogen (secondary N) is 1. The normalized spacial score (nSPS) is 11.6. The summed E-state index contributed by atoms with van der Waals surface area (Å²) in [5.41, 5.74) is 5.12. The van der Waals surface area contributed by atoms with Gasteiger partial charge in [-0.2, -0.15) is 0 Å². The van der Waals surface area contributed by atoms with Crippen LogP contribution in [0.4, 0.5) is 19.6 Å².